The van der Waals surface area contributed by atoms with Crippen molar-refractivity contribution < 1.29 is 14.3 Å². The summed E-state index contributed by atoms with van der Waals surface area (Å²) in [5.41, 5.74) is -0.667. The van der Waals surface area contributed by atoms with Gasteiger partial charge in [-0.15, -0.1) is 10.2 Å². The predicted octanol–water partition coefficient (Wildman–Crippen LogP) is 0.931. The van der Waals surface area contributed by atoms with Gasteiger partial charge in [-0.1, -0.05) is 0 Å². The van der Waals surface area contributed by atoms with Gasteiger partial charge in [0, 0.05) is 39.4 Å². The van der Waals surface area contributed by atoms with Crippen molar-refractivity contribution in [3.8, 4) is 0 Å². The Morgan fingerprint density at radius 3 is 2.43 bits per heavy atom. The zero-order valence-electron chi connectivity index (χ0n) is 14.0. The molecule has 1 aromatic heterocycles. The first-order chi connectivity index (χ1) is 11.0. The maximum absolute atomic E-state index is 11.4. The Kier molecular flexibility index (Phi) is 4.68. The average Bonchev–Trinajstić information content (AvgIpc) is 2.95. The van der Waals surface area contributed by atoms with Crippen molar-refractivity contribution in [1.82, 2.24) is 20.0 Å². The number of hydrogen-bond donors (Lipinski definition) is 1. The molecule has 0 saturated carbocycles. The molecule has 1 N–H and O–H groups in total. The molecule has 0 unspecified atom stereocenters. The fraction of sp³-hybridized carbons (Fsp3) is 0.812. The summed E-state index contributed by atoms with van der Waals surface area (Å²) >= 11 is 0. The van der Waals surface area contributed by atoms with Crippen molar-refractivity contribution in [3.63, 3.8) is 0 Å². The fourth-order valence-electron chi connectivity index (χ4n) is 3.63. The number of likely N-dealkylation sites (tertiary alicyclic amines) is 2. The molecular formula is C16H26N4O3. The van der Waals surface area contributed by atoms with Gasteiger partial charge < -0.3 is 19.3 Å². The minimum atomic E-state index is -0.667. The minimum Gasteiger partial charge on any atom is -0.425 e. The van der Waals surface area contributed by atoms with Gasteiger partial charge in [0.25, 0.3) is 0 Å². The Hall–Kier alpha value is -1.47. The van der Waals surface area contributed by atoms with Crippen molar-refractivity contribution in [3.05, 3.63) is 11.8 Å². The van der Waals surface area contributed by atoms with E-state index in [1.165, 1.54) is 0 Å². The van der Waals surface area contributed by atoms with Crippen LogP contribution in [0.15, 0.2) is 4.42 Å². The summed E-state index contributed by atoms with van der Waals surface area (Å²) < 4.78 is 5.53. The van der Waals surface area contributed by atoms with Crippen LogP contribution in [0.4, 0.5) is 0 Å². The molecule has 2 aliphatic heterocycles. The summed E-state index contributed by atoms with van der Waals surface area (Å²) in [6.07, 6.45) is 3.29. The van der Waals surface area contributed by atoms with Gasteiger partial charge in [0.2, 0.25) is 17.7 Å². The monoisotopic (exact) mass is 322 g/mol. The molecule has 2 saturated heterocycles. The van der Waals surface area contributed by atoms with E-state index in [2.05, 4.69) is 15.1 Å². The second-order valence-electron chi connectivity index (χ2n) is 6.94. The van der Waals surface area contributed by atoms with Crippen LogP contribution in [-0.2, 0) is 4.79 Å². The third-order valence-corrected chi connectivity index (χ3v) is 5.14. The van der Waals surface area contributed by atoms with Gasteiger partial charge in [-0.25, -0.2) is 0 Å². The lowest BCUT2D eigenvalue weighted by atomic mass is 9.89. The van der Waals surface area contributed by atoms with Gasteiger partial charge in [0.05, 0.1) is 5.60 Å². The summed E-state index contributed by atoms with van der Waals surface area (Å²) in [5.74, 6) is 1.80. The van der Waals surface area contributed by atoms with E-state index in [1.54, 1.807) is 6.92 Å². The van der Waals surface area contributed by atoms with Crippen molar-refractivity contribution in [1.29, 1.82) is 0 Å². The number of rotatable bonds is 3. The van der Waals surface area contributed by atoms with E-state index in [1.807, 2.05) is 11.8 Å². The van der Waals surface area contributed by atoms with E-state index in [9.17, 15) is 9.90 Å². The van der Waals surface area contributed by atoms with Crippen LogP contribution in [0.3, 0.4) is 0 Å². The van der Waals surface area contributed by atoms with Crippen molar-refractivity contribution in [2.75, 3.05) is 32.7 Å². The Balaban J connectivity index is 1.48. The summed E-state index contributed by atoms with van der Waals surface area (Å²) in [4.78, 5) is 15.5. The van der Waals surface area contributed by atoms with Crippen LogP contribution in [0.5, 0.6) is 0 Å². The first-order valence-corrected chi connectivity index (χ1v) is 8.45. The normalized spacial score (nSPS) is 23.2. The molecule has 0 spiro atoms. The number of hydrogen-bond acceptors (Lipinski definition) is 6. The molecule has 1 aromatic rings. The van der Waals surface area contributed by atoms with Gasteiger partial charge in [-0.2, -0.15) is 0 Å². The molecule has 3 heterocycles. The van der Waals surface area contributed by atoms with Crippen LogP contribution in [0.1, 0.15) is 50.3 Å². The van der Waals surface area contributed by atoms with Crippen LogP contribution in [-0.4, -0.2) is 69.3 Å². The third kappa shape index (κ3) is 3.90. The highest BCUT2D eigenvalue weighted by Gasteiger charge is 2.36. The largest absolute Gasteiger partial charge is 0.425 e. The standard InChI is InChI=1S/C16H26N4O3/c1-12-17-18-15(23-12)14-3-7-19(8-4-14)11-16(22)5-9-20(10-6-16)13(2)21/h14,22H,3-11H2,1-2H3. The van der Waals surface area contributed by atoms with Gasteiger partial charge in [0.15, 0.2) is 0 Å². The van der Waals surface area contributed by atoms with Gasteiger partial charge in [-0.3, -0.25) is 4.79 Å². The second-order valence-corrected chi connectivity index (χ2v) is 6.94. The number of nitrogens with zero attached hydrogens (tertiary/aromatic N) is 4. The molecule has 1 amide bonds. The number of piperidine rings is 2. The van der Waals surface area contributed by atoms with E-state index < -0.39 is 5.60 Å². The number of carbonyl (C=O) groups excluding carboxylic acids is 1. The number of aromatic nitrogens is 2. The topological polar surface area (TPSA) is 82.7 Å². The van der Waals surface area contributed by atoms with Crippen LogP contribution in [0, 0.1) is 6.92 Å². The SMILES string of the molecule is CC(=O)N1CCC(O)(CN2CCC(c3nnc(C)o3)CC2)CC1. The lowest BCUT2D eigenvalue weighted by Crippen LogP contribution is -2.52. The fourth-order valence-corrected chi connectivity index (χ4v) is 3.63. The Morgan fingerprint density at radius 1 is 1.26 bits per heavy atom. The maximum atomic E-state index is 11.4. The first-order valence-electron chi connectivity index (χ1n) is 8.45. The first kappa shape index (κ1) is 16.4. The average molecular weight is 322 g/mol. The third-order valence-electron chi connectivity index (χ3n) is 5.14. The Morgan fingerprint density at radius 2 is 1.91 bits per heavy atom. The molecule has 3 rings (SSSR count). The molecule has 128 valence electrons. The summed E-state index contributed by atoms with van der Waals surface area (Å²) in [6.45, 7) is 7.28. The van der Waals surface area contributed by atoms with Crippen LogP contribution < -0.4 is 0 Å². The number of amides is 1. The van der Waals surface area contributed by atoms with Crippen molar-refractivity contribution in [2.45, 2.75) is 51.0 Å². The molecule has 0 atom stereocenters. The molecular weight excluding hydrogens is 296 g/mol. The second kappa shape index (κ2) is 6.57. The Labute approximate surface area is 136 Å². The molecule has 0 bridgehead atoms. The highest BCUT2D eigenvalue weighted by Crippen LogP contribution is 2.30. The molecule has 23 heavy (non-hydrogen) atoms. The molecule has 2 aliphatic rings. The van der Waals surface area contributed by atoms with Crippen LogP contribution >= 0.6 is 0 Å². The lowest BCUT2D eigenvalue weighted by molar-refractivity contribution is -0.133. The van der Waals surface area contributed by atoms with E-state index in [4.69, 9.17) is 4.42 Å². The zero-order valence-corrected chi connectivity index (χ0v) is 14.0. The number of carbonyl (C=O) groups is 1. The highest BCUT2D eigenvalue weighted by atomic mass is 16.4. The van der Waals surface area contributed by atoms with E-state index >= 15 is 0 Å². The van der Waals surface area contributed by atoms with Crippen LogP contribution in [0.2, 0.25) is 0 Å². The minimum absolute atomic E-state index is 0.0997. The molecule has 0 aromatic carbocycles. The number of aliphatic hydroxyl groups is 1. The lowest BCUT2D eigenvalue weighted by Gasteiger charge is -2.42. The maximum Gasteiger partial charge on any atom is 0.219 e. The highest BCUT2D eigenvalue weighted by molar-refractivity contribution is 5.73. The Bertz CT molecular complexity index is 543. The molecule has 7 heteroatoms. The van der Waals surface area contributed by atoms with Crippen LogP contribution in [0.25, 0.3) is 0 Å². The predicted molar refractivity (Wildman–Crippen MR) is 83.9 cm³/mol. The molecule has 7 nitrogen and oxygen atoms in total. The van der Waals surface area contributed by atoms with E-state index in [0.29, 0.717) is 44.3 Å². The van der Waals surface area contributed by atoms with Gasteiger partial charge in [-0.05, 0) is 38.8 Å². The zero-order chi connectivity index (χ0) is 16.4. The summed E-state index contributed by atoms with van der Waals surface area (Å²) in [5, 5.41) is 18.8. The van der Waals surface area contributed by atoms with Gasteiger partial charge in [0.1, 0.15) is 0 Å². The van der Waals surface area contributed by atoms with E-state index in [-0.39, 0.29) is 5.91 Å². The van der Waals surface area contributed by atoms with Gasteiger partial charge >= 0.3 is 0 Å². The van der Waals surface area contributed by atoms with Crippen molar-refractivity contribution in [2.24, 2.45) is 0 Å². The summed E-state index contributed by atoms with van der Waals surface area (Å²) in [6, 6.07) is 0. The quantitative estimate of drug-likeness (QED) is 0.891. The number of aryl methyl sites for hydroxylation is 1. The molecule has 0 radical (unpaired) electrons. The van der Waals surface area contributed by atoms with Crippen molar-refractivity contribution >= 4 is 5.91 Å². The van der Waals surface area contributed by atoms with E-state index in [0.717, 1.165) is 31.8 Å². The summed E-state index contributed by atoms with van der Waals surface area (Å²) in [7, 11) is 0. The number of β-amino-alcohol motifs (C(OH)–C–C–N with tert-alkyl or cyclic N) is 1. The smallest absolute Gasteiger partial charge is 0.219 e. The molecule has 2 fully saturated rings. The molecule has 0 aliphatic carbocycles.